The van der Waals surface area contributed by atoms with Crippen molar-refractivity contribution in [3.8, 4) is 39.3 Å². The van der Waals surface area contributed by atoms with Gasteiger partial charge in [-0.2, -0.15) is 0 Å². The maximum absolute atomic E-state index is 13.5. The Labute approximate surface area is 304 Å². The Morgan fingerprint density at radius 2 is 1.22 bits per heavy atom. The quantitative estimate of drug-likeness (QED) is 0.170. The van der Waals surface area contributed by atoms with E-state index in [-0.39, 0.29) is 11.2 Å². The van der Waals surface area contributed by atoms with Crippen LogP contribution < -0.4 is 0 Å². The molecule has 0 N–H and O–H groups in total. The number of fused-ring (bicyclic) bond motifs is 4. The van der Waals surface area contributed by atoms with Gasteiger partial charge in [-0.1, -0.05) is 133 Å². The lowest BCUT2D eigenvalue weighted by molar-refractivity contribution is 0.586. The molecule has 0 aliphatic heterocycles. The second-order valence-electron chi connectivity index (χ2n) is 15.4. The van der Waals surface area contributed by atoms with Crippen LogP contribution in [0.1, 0.15) is 77.0 Å². The molecule has 8 rings (SSSR count). The van der Waals surface area contributed by atoms with Gasteiger partial charge in [-0.25, -0.2) is 9.37 Å². The minimum Gasteiger partial charge on any atom is -0.292 e. The molecule has 0 bridgehead atoms. The molecule has 0 unspecified atom stereocenters. The monoisotopic (exact) mass is 686 g/mol. The van der Waals surface area contributed by atoms with Crippen LogP contribution in [0.25, 0.3) is 70.5 Å². The second kappa shape index (κ2) is 12.6. The predicted octanol–water partition coefficient (Wildman–Crippen LogP) is 14.1. The van der Waals surface area contributed by atoms with Crippen LogP contribution in [0.3, 0.4) is 0 Å². The highest BCUT2D eigenvalue weighted by Crippen LogP contribution is 2.45. The molecule has 6 aromatic carbocycles. The van der Waals surface area contributed by atoms with Crippen molar-refractivity contribution < 1.29 is 4.39 Å². The number of hydrogen-bond donors (Lipinski definition) is 0. The van der Waals surface area contributed by atoms with Crippen molar-refractivity contribution in [2.24, 2.45) is 0 Å². The van der Waals surface area contributed by atoms with Gasteiger partial charge in [0.2, 0.25) is 0 Å². The summed E-state index contributed by atoms with van der Waals surface area (Å²) >= 11 is 1.85. The zero-order valence-corrected chi connectivity index (χ0v) is 31.2. The van der Waals surface area contributed by atoms with E-state index >= 15 is 0 Å². The normalized spacial score (nSPS) is 12.3. The van der Waals surface area contributed by atoms with Crippen LogP contribution in [0.4, 0.5) is 4.39 Å². The van der Waals surface area contributed by atoms with Crippen LogP contribution >= 0.6 is 11.3 Å². The molecule has 0 spiro atoms. The number of rotatable bonds is 6. The Morgan fingerprint density at radius 3 is 1.84 bits per heavy atom. The Bertz CT molecular complexity index is 2530. The van der Waals surface area contributed by atoms with Gasteiger partial charge in [0.05, 0.1) is 16.7 Å². The van der Waals surface area contributed by atoms with Crippen LogP contribution in [-0.2, 0) is 5.41 Å². The van der Waals surface area contributed by atoms with Crippen LogP contribution in [0.5, 0.6) is 0 Å². The molecule has 2 aromatic heterocycles. The van der Waals surface area contributed by atoms with Gasteiger partial charge >= 0.3 is 0 Å². The SMILES string of the molecule is CC(C)c1cc(C(C)(C)C)cc(C(C)C)c1-n1c(-c2cccc3c2sc2cc(-c4ccc(-c5ccc(F)cc5)cc4)ccc23)nc2ccccc21. The fourth-order valence-electron chi connectivity index (χ4n) is 7.34. The van der Waals surface area contributed by atoms with Crippen molar-refractivity contribution >= 4 is 42.5 Å². The number of thiophene rings is 1. The van der Waals surface area contributed by atoms with E-state index in [1.54, 1.807) is 0 Å². The van der Waals surface area contributed by atoms with E-state index in [0.29, 0.717) is 11.8 Å². The van der Waals surface area contributed by atoms with Crippen molar-refractivity contribution in [1.82, 2.24) is 9.55 Å². The van der Waals surface area contributed by atoms with Gasteiger partial charge in [0.1, 0.15) is 11.6 Å². The Kier molecular flexibility index (Phi) is 8.19. The fraction of sp³-hybridized carbons (Fsp3) is 0.213. The highest BCUT2D eigenvalue weighted by atomic mass is 32.1. The van der Waals surface area contributed by atoms with Gasteiger partial charge in [0.25, 0.3) is 0 Å². The minimum atomic E-state index is -0.220. The summed E-state index contributed by atoms with van der Waals surface area (Å²) in [5, 5.41) is 2.51. The highest BCUT2D eigenvalue weighted by molar-refractivity contribution is 7.26. The third-order valence-electron chi connectivity index (χ3n) is 10.2. The molecule has 2 heterocycles. The Balaban J connectivity index is 1.31. The van der Waals surface area contributed by atoms with Crippen molar-refractivity contribution in [2.45, 2.75) is 65.7 Å². The first-order valence-electron chi connectivity index (χ1n) is 18.0. The number of aromatic nitrogens is 2. The third-order valence-corrected chi connectivity index (χ3v) is 11.4. The van der Waals surface area contributed by atoms with E-state index in [4.69, 9.17) is 4.98 Å². The van der Waals surface area contributed by atoms with Crippen LogP contribution in [0, 0.1) is 5.82 Å². The summed E-state index contributed by atoms with van der Waals surface area (Å²) in [5.74, 6) is 1.43. The van der Waals surface area contributed by atoms with Crippen molar-refractivity contribution in [2.75, 3.05) is 0 Å². The maximum atomic E-state index is 13.5. The highest BCUT2D eigenvalue weighted by Gasteiger charge is 2.26. The minimum absolute atomic E-state index is 0.0395. The van der Waals surface area contributed by atoms with Gasteiger partial charge in [-0.15, -0.1) is 11.3 Å². The summed E-state index contributed by atoms with van der Waals surface area (Å²) in [4.78, 5) is 5.40. The van der Waals surface area contributed by atoms with Crippen molar-refractivity contribution in [3.05, 3.63) is 144 Å². The molecule has 0 amide bonds. The zero-order chi connectivity index (χ0) is 35.6. The summed E-state index contributed by atoms with van der Waals surface area (Å²) in [6.07, 6.45) is 0. The number of benzene rings is 6. The van der Waals surface area contributed by atoms with Gasteiger partial charge < -0.3 is 0 Å². The molecule has 0 fully saturated rings. The summed E-state index contributed by atoms with van der Waals surface area (Å²) < 4.78 is 18.4. The number of hydrogen-bond acceptors (Lipinski definition) is 2. The topological polar surface area (TPSA) is 17.8 Å². The lowest BCUT2D eigenvalue weighted by atomic mass is 9.81. The van der Waals surface area contributed by atoms with Crippen molar-refractivity contribution in [3.63, 3.8) is 0 Å². The summed E-state index contributed by atoms with van der Waals surface area (Å²) in [6, 6.07) is 42.2. The molecule has 4 heteroatoms. The van der Waals surface area contributed by atoms with Gasteiger partial charge in [0.15, 0.2) is 0 Å². The Hall–Kier alpha value is -5.06. The predicted molar refractivity (Wildman–Crippen MR) is 217 cm³/mol. The first-order valence-corrected chi connectivity index (χ1v) is 18.8. The molecular formula is C47H43FN2S. The summed E-state index contributed by atoms with van der Waals surface area (Å²) in [5.41, 5.74) is 13.1. The molecule has 0 saturated carbocycles. The molecule has 8 aromatic rings. The maximum Gasteiger partial charge on any atom is 0.147 e. The average molecular weight is 687 g/mol. The summed E-state index contributed by atoms with van der Waals surface area (Å²) in [6.45, 7) is 16.2. The largest absolute Gasteiger partial charge is 0.292 e. The third kappa shape index (κ3) is 5.86. The van der Waals surface area contributed by atoms with Crippen molar-refractivity contribution in [1.29, 1.82) is 0 Å². The molecule has 0 atom stereocenters. The van der Waals surface area contributed by atoms with E-state index < -0.39 is 0 Å². The average Bonchev–Trinajstić information content (AvgIpc) is 3.69. The van der Waals surface area contributed by atoms with Gasteiger partial charge in [-0.3, -0.25) is 4.57 Å². The molecule has 0 saturated heterocycles. The standard InChI is InChI=1S/C47H43FN2S/c1-28(2)39-26-34(47(5,6)7)27-40(29(3)4)44(39)50-42-14-9-8-13-41(42)49-46(50)38-12-10-11-37-36-24-21-33(25-43(36)51-45(37)38)32-17-15-30(16-18-32)31-19-22-35(48)23-20-31/h8-29H,1-7H3. The van der Waals surface area contributed by atoms with E-state index in [0.717, 1.165) is 39.1 Å². The lowest BCUT2D eigenvalue weighted by Gasteiger charge is -2.28. The zero-order valence-electron chi connectivity index (χ0n) is 30.4. The molecule has 0 radical (unpaired) electrons. The van der Waals surface area contributed by atoms with E-state index in [1.165, 1.54) is 60.2 Å². The van der Waals surface area contributed by atoms with E-state index in [2.05, 4.69) is 150 Å². The molecule has 2 nitrogen and oxygen atoms in total. The molecule has 254 valence electrons. The molecule has 0 aliphatic carbocycles. The number of para-hydroxylation sites is 2. The first kappa shape index (κ1) is 33.1. The van der Waals surface area contributed by atoms with E-state index in [1.807, 2.05) is 23.5 Å². The first-order chi connectivity index (χ1) is 24.5. The molecule has 51 heavy (non-hydrogen) atoms. The van der Waals surface area contributed by atoms with Crippen LogP contribution in [0.15, 0.2) is 121 Å². The smallest absolute Gasteiger partial charge is 0.147 e. The number of halogens is 1. The second-order valence-corrected chi connectivity index (χ2v) is 16.5. The molecule has 0 aliphatic rings. The van der Waals surface area contributed by atoms with Crippen LogP contribution in [0.2, 0.25) is 0 Å². The Morgan fingerprint density at radius 1 is 0.627 bits per heavy atom. The van der Waals surface area contributed by atoms with Gasteiger partial charge in [0, 0.05) is 25.7 Å². The summed E-state index contributed by atoms with van der Waals surface area (Å²) in [7, 11) is 0. The van der Waals surface area contributed by atoms with Gasteiger partial charge in [-0.05, 0) is 92.6 Å². The number of imidazole rings is 1. The number of nitrogens with zero attached hydrogens (tertiary/aromatic N) is 2. The molecular weight excluding hydrogens is 644 g/mol. The fourth-order valence-corrected chi connectivity index (χ4v) is 8.59. The van der Waals surface area contributed by atoms with Crippen LogP contribution in [-0.4, -0.2) is 9.55 Å². The van der Waals surface area contributed by atoms with E-state index in [9.17, 15) is 4.39 Å². The lowest BCUT2D eigenvalue weighted by Crippen LogP contribution is -2.16.